The molecular formula is C24H19BrCl2N2O4. The Morgan fingerprint density at radius 3 is 2.33 bits per heavy atom. The fraction of sp³-hybridized carbons (Fsp3) is 0.208. The minimum atomic E-state index is -1.03. The van der Waals surface area contributed by atoms with Gasteiger partial charge in [-0.05, 0) is 29.8 Å². The molecule has 33 heavy (non-hydrogen) atoms. The van der Waals surface area contributed by atoms with Crippen molar-refractivity contribution in [3.8, 4) is 0 Å². The normalized spacial score (nSPS) is 18.2. The molecule has 0 radical (unpaired) electrons. The standard InChI is InChI=1S/C24H19BrCl2N2O4/c1-24(2,3)17-11-18(28-33-17)29-20(15-9-8-14(26)10-16(15)27)19(22(31)23(29)32)21(30)12-4-6-13(25)7-5-12/h4-11,20,30H,1-3H3/b21-19+/t20-/m0/s1. The molecule has 9 heteroatoms. The molecule has 1 aromatic heterocycles. The summed E-state index contributed by atoms with van der Waals surface area (Å²) in [6.07, 6.45) is 0. The van der Waals surface area contributed by atoms with Gasteiger partial charge >= 0.3 is 5.91 Å². The Morgan fingerprint density at radius 2 is 1.76 bits per heavy atom. The first-order valence-corrected chi connectivity index (χ1v) is 11.5. The van der Waals surface area contributed by atoms with Gasteiger partial charge in [0.25, 0.3) is 5.78 Å². The number of carbonyl (C=O) groups is 2. The number of aromatic nitrogens is 1. The minimum absolute atomic E-state index is 0.105. The summed E-state index contributed by atoms with van der Waals surface area (Å²) in [6, 6.07) is 12.0. The molecular weight excluding hydrogens is 531 g/mol. The predicted molar refractivity (Wildman–Crippen MR) is 131 cm³/mol. The SMILES string of the molecule is CC(C)(C)c1cc(N2C(=O)C(=O)/C(=C(/O)c3ccc(Br)cc3)[C@@H]2c2ccc(Cl)cc2Cl)no1. The molecule has 4 rings (SSSR count). The van der Waals surface area contributed by atoms with E-state index in [2.05, 4.69) is 21.1 Å². The molecule has 0 spiro atoms. The van der Waals surface area contributed by atoms with Crippen LogP contribution in [0.5, 0.6) is 0 Å². The summed E-state index contributed by atoms with van der Waals surface area (Å²) in [5.41, 5.74) is 0.317. The Balaban J connectivity index is 1.95. The number of amides is 1. The highest BCUT2D eigenvalue weighted by atomic mass is 79.9. The third kappa shape index (κ3) is 4.33. The average Bonchev–Trinajstić information content (AvgIpc) is 3.32. The lowest BCUT2D eigenvalue weighted by Crippen LogP contribution is -2.30. The van der Waals surface area contributed by atoms with Crippen molar-refractivity contribution in [1.82, 2.24) is 5.16 Å². The Hall–Kier alpha value is -2.61. The van der Waals surface area contributed by atoms with Crippen LogP contribution >= 0.6 is 39.1 Å². The Kier molecular flexibility index (Phi) is 6.16. The first-order valence-electron chi connectivity index (χ1n) is 9.98. The topological polar surface area (TPSA) is 83.6 Å². The second-order valence-corrected chi connectivity index (χ2v) is 10.4. The highest BCUT2D eigenvalue weighted by Crippen LogP contribution is 2.45. The van der Waals surface area contributed by atoms with Gasteiger partial charge in [-0.3, -0.25) is 14.5 Å². The zero-order valence-corrected chi connectivity index (χ0v) is 21.0. The third-order valence-electron chi connectivity index (χ3n) is 5.30. The van der Waals surface area contributed by atoms with Gasteiger partial charge in [0.15, 0.2) is 5.82 Å². The number of ketones is 1. The predicted octanol–water partition coefficient (Wildman–Crippen LogP) is 6.67. The largest absolute Gasteiger partial charge is 0.507 e. The third-order valence-corrected chi connectivity index (χ3v) is 6.39. The molecule has 3 aromatic rings. The van der Waals surface area contributed by atoms with Gasteiger partial charge in [0.05, 0.1) is 11.6 Å². The molecule has 0 saturated carbocycles. The van der Waals surface area contributed by atoms with Crippen LogP contribution in [0.4, 0.5) is 5.82 Å². The van der Waals surface area contributed by atoms with Crippen LogP contribution < -0.4 is 4.90 Å². The number of aliphatic hydroxyl groups excluding tert-OH is 1. The van der Waals surface area contributed by atoms with E-state index in [-0.39, 0.29) is 27.6 Å². The number of aliphatic hydroxyl groups is 1. The van der Waals surface area contributed by atoms with E-state index in [1.165, 1.54) is 11.0 Å². The molecule has 1 atom stereocenters. The number of anilines is 1. The molecule has 1 fully saturated rings. The number of rotatable bonds is 3. The number of hydrogen-bond acceptors (Lipinski definition) is 5. The van der Waals surface area contributed by atoms with Crippen molar-refractivity contribution in [2.75, 3.05) is 4.90 Å². The van der Waals surface area contributed by atoms with E-state index in [1.54, 1.807) is 42.5 Å². The summed E-state index contributed by atoms with van der Waals surface area (Å²) in [5, 5.41) is 15.8. The van der Waals surface area contributed by atoms with Crippen molar-refractivity contribution in [3.63, 3.8) is 0 Å². The van der Waals surface area contributed by atoms with Crippen molar-refractivity contribution in [2.45, 2.75) is 32.2 Å². The zero-order valence-electron chi connectivity index (χ0n) is 17.9. The van der Waals surface area contributed by atoms with Gasteiger partial charge in [-0.1, -0.05) is 83.3 Å². The quantitative estimate of drug-likeness (QED) is 0.224. The fourth-order valence-corrected chi connectivity index (χ4v) is 4.36. The summed E-state index contributed by atoms with van der Waals surface area (Å²) < 4.78 is 6.26. The molecule has 0 aliphatic carbocycles. The van der Waals surface area contributed by atoms with Crippen LogP contribution in [-0.4, -0.2) is 22.0 Å². The second kappa shape index (κ2) is 8.63. The Bertz CT molecular complexity index is 1290. The van der Waals surface area contributed by atoms with Gasteiger partial charge in [0.2, 0.25) is 0 Å². The van der Waals surface area contributed by atoms with Crippen LogP contribution in [-0.2, 0) is 15.0 Å². The van der Waals surface area contributed by atoms with E-state index in [0.717, 1.165) is 4.47 Å². The highest BCUT2D eigenvalue weighted by molar-refractivity contribution is 9.10. The molecule has 2 heterocycles. The van der Waals surface area contributed by atoms with E-state index in [1.807, 2.05) is 20.8 Å². The number of carbonyl (C=O) groups excluding carboxylic acids is 2. The van der Waals surface area contributed by atoms with Gasteiger partial charge in [-0.2, -0.15) is 0 Å². The molecule has 0 unspecified atom stereocenters. The molecule has 170 valence electrons. The molecule has 2 aromatic carbocycles. The summed E-state index contributed by atoms with van der Waals surface area (Å²) >= 11 is 15.9. The Labute approximate surface area is 208 Å². The first kappa shape index (κ1) is 23.5. The fourth-order valence-electron chi connectivity index (χ4n) is 3.58. The molecule has 6 nitrogen and oxygen atoms in total. The number of nitrogens with zero attached hydrogens (tertiary/aromatic N) is 2. The maximum absolute atomic E-state index is 13.2. The van der Waals surface area contributed by atoms with E-state index in [0.29, 0.717) is 21.9 Å². The molecule has 1 aliphatic rings. The van der Waals surface area contributed by atoms with Gasteiger partial charge in [-0.25, -0.2) is 0 Å². The highest BCUT2D eigenvalue weighted by Gasteiger charge is 2.49. The monoisotopic (exact) mass is 548 g/mol. The summed E-state index contributed by atoms with van der Waals surface area (Å²) in [5.74, 6) is -1.34. The van der Waals surface area contributed by atoms with Gasteiger partial charge in [-0.15, -0.1) is 0 Å². The van der Waals surface area contributed by atoms with Crippen LogP contribution in [0.25, 0.3) is 5.76 Å². The van der Waals surface area contributed by atoms with Gasteiger partial charge < -0.3 is 9.63 Å². The second-order valence-electron chi connectivity index (χ2n) is 8.64. The van der Waals surface area contributed by atoms with E-state index >= 15 is 0 Å². The van der Waals surface area contributed by atoms with Gasteiger partial charge in [0, 0.05) is 31.6 Å². The average molecular weight is 550 g/mol. The van der Waals surface area contributed by atoms with E-state index in [9.17, 15) is 14.7 Å². The van der Waals surface area contributed by atoms with Crippen molar-refractivity contribution in [1.29, 1.82) is 0 Å². The molecule has 0 bridgehead atoms. The summed E-state index contributed by atoms with van der Waals surface area (Å²) in [7, 11) is 0. The van der Waals surface area contributed by atoms with E-state index in [4.69, 9.17) is 27.7 Å². The number of hydrogen-bond donors (Lipinski definition) is 1. The molecule has 1 amide bonds. The smallest absolute Gasteiger partial charge is 0.301 e. The zero-order chi connectivity index (χ0) is 24.1. The minimum Gasteiger partial charge on any atom is -0.507 e. The van der Waals surface area contributed by atoms with Crippen molar-refractivity contribution in [3.05, 3.63) is 85.5 Å². The van der Waals surface area contributed by atoms with Crippen LogP contribution in [0.2, 0.25) is 10.0 Å². The maximum atomic E-state index is 13.2. The molecule has 1 aliphatic heterocycles. The summed E-state index contributed by atoms with van der Waals surface area (Å²) in [4.78, 5) is 27.6. The number of halogens is 3. The van der Waals surface area contributed by atoms with Crippen molar-refractivity contribution < 1.29 is 19.2 Å². The number of benzene rings is 2. The lowest BCUT2D eigenvalue weighted by atomic mass is 9.93. The van der Waals surface area contributed by atoms with Gasteiger partial charge in [0.1, 0.15) is 11.5 Å². The summed E-state index contributed by atoms with van der Waals surface area (Å²) in [6.45, 7) is 5.81. The van der Waals surface area contributed by atoms with Crippen LogP contribution in [0.3, 0.4) is 0 Å². The van der Waals surface area contributed by atoms with Crippen LogP contribution in [0.15, 0.2) is 63.1 Å². The lowest BCUT2D eigenvalue weighted by molar-refractivity contribution is -0.132. The molecule has 1 saturated heterocycles. The van der Waals surface area contributed by atoms with Crippen molar-refractivity contribution in [2.24, 2.45) is 0 Å². The maximum Gasteiger partial charge on any atom is 0.301 e. The van der Waals surface area contributed by atoms with Crippen LogP contribution in [0, 0.1) is 0 Å². The van der Waals surface area contributed by atoms with E-state index < -0.39 is 17.7 Å². The van der Waals surface area contributed by atoms with Crippen molar-refractivity contribution >= 4 is 62.4 Å². The van der Waals surface area contributed by atoms with Crippen LogP contribution in [0.1, 0.15) is 43.7 Å². The molecule has 1 N–H and O–H groups in total. The Morgan fingerprint density at radius 1 is 1.09 bits per heavy atom. The lowest BCUT2D eigenvalue weighted by Gasteiger charge is -2.24. The number of Topliss-reactive ketones (excluding diaryl/α,β-unsaturated/α-hetero) is 1. The first-order chi connectivity index (χ1) is 15.5.